The first-order chi connectivity index (χ1) is 13.4. The van der Waals surface area contributed by atoms with Gasteiger partial charge in [0, 0.05) is 24.2 Å². The van der Waals surface area contributed by atoms with E-state index in [1.54, 1.807) is 24.3 Å². The van der Waals surface area contributed by atoms with Crippen molar-refractivity contribution in [3.63, 3.8) is 0 Å². The first kappa shape index (κ1) is 20.2. The van der Waals surface area contributed by atoms with Gasteiger partial charge in [-0.3, -0.25) is 14.4 Å². The van der Waals surface area contributed by atoms with E-state index in [2.05, 4.69) is 13.8 Å². The fraction of sp³-hybridized carbons (Fsp3) is 0.571. The molecule has 2 fully saturated rings. The van der Waals surface area contributed by atoms with Crippen LogP contribution in [0.15, 0.2) is 24.3 Å². The second-order valence-electron chi connectivity index (χ2n) is 7.80. The van der Waals surface area contributed by atoms with Crippen molar-refractivity contribution in [3.05, 3.63) is 29.8 Å². The van der Waals surface area contributed by atoms with E-state index in [4.69, 9.17) is 10.5 Å². The van der Waals surface area contributed by atoms with Gasteiger partial charge in [-0.25, -0.2) is 0 Å². The molecule has 0 bridgehead atoms. The van der Waals surface area contributed by atoms with Gasteiger partial charge in [-0.2, -0.15) is 0 Å². The highest BCUT2D eigenvalue weighted by Gasteiger charge is 2.33. The number of nitrogens with two attached hydrogens (primary N) is 1. The van der Waals surface area contributed by atoms with Crippen molar-refractivity contribution in [2.45, 2.75) is 64.1 Å². The summed E-state index contributed by atoms with van der Waals surface area (Å²) < 4.78 is 5.65. The quantitative estimate of drug-likeness (QED) is 0.836. The molecular weight excluding hydrogens is 358 g/mol. The molecule has 3 amide bonds. The van der Waals surface area contributed by atoms with E-state index in [-0.39, 0.29) is 30.5 Å². The third-order valence-electron chi connectivity index (χ3n) is 5.79. The minimum Gasteiger partial charge on any atom is -0.484 e. The molecule has 2 N–H and O–H groups in total. The second kappa shape index (κ2) is 8.63. The lowest BCUT2D eigenvalue weighted by molar-refractivity contribution is -0.139. The normalized spacial score (nSPS) is 24.9. The van der Waals surface area contributed by atoms with Crippen molar-refractivity contribution >= 4 is 17.7 Å². The first-order valence-corrected chi connectivity index (χ1v) is 10.0. The van der Waals surface area contributed by atoms with Crippen LogP contribution in [0.2, 0.25) is 0 Å². The van der Waals surface area contributed by atoms with Gasteiger partial charge in [-0.1, -0.05) is 0 Å². The van der Waals surface area contributed by atoms with Gasteiger partial charge in [0.05, 0.1) is 0 Å². The first-order valence-electron chi connectivity index (χ1n) is 10.0. The minimum atomic E-state index is -0.533. The number of nitrogens with zero attached hydrogens (tertiary/aromatic N) is 2. The summed E-state index contributed by atoms with van der Waals surface area (Å²) >= 11 is 0. The number of amides is 3. The van der Waals surface area contributed by atoms with Gasteiger partial charge >= 0.3 is 0 Å². The Kier molecular flexibility index (Phi) is 6.21. The molecule has 7 heteroatoms. The van der Waals surface area contributed by atoms with Crippen LogP contribution >= 0.6 is 0 Å². The highest BCUT2D eigenvalue weighted by Crippen LogP contribution is 2.24. The van der Waals surface area contributed by atoms with E-state index >= 15 is 0 Å². The lowest BCUT2D eigenvalue weighted by Gasteiger charge is -2.38. The van der Waals surface area contributed by atoms with Gasteiger partial charge in [-0.15, -0.1) is 0 Å². The molecule has 0 aliphatic carbocycles. The maximum absolute atomic E-state index is 12.6. The molecule has 152 valence electrons. The maximum atomic E-state index is 12.6. The van der Waals surface area contributed by atoms with Gasteiger partial charge in [0.25, 0.3) is 11.8 Å². The number of rotatable bonds is 5. The van der Waals surface area contributed by atoms with Crippen LogP contribution < -0.4 is 10.5 Å². The van der Waals surface area contributed by atoms with Gasteiger partial charge < -0.3 is 20.3 Å². The van der Waals surface area contributed by atoms with Crippen molar-refractivity contribution in [1.82, 2.24) is 9.80 Å². The van der Waals surface area contributed by atoms with Crippen LogP contribution in [-0.4, -0.2) is 58.8 Å². The van der Waals surface area contributed by atoms with E-state index < -0.39 is 11.9 Å². The standard InChI is InChI=1S/C21H29N3O4/c1-14-5-3-6-15(2)24(14)19(25)13-28-17-10-8-16(9-11-17)21(27)23-12-4-7-18(23)20(22)26/h8-11,14-15,18H,3-7,12-13H2,1-2H3,(H2,22,26)/t14-,15+,18-/m0/s1. The summed E-state index contributed by atoms with van der Waals surface area (Å²) in [5.74, 6) is -0.151. The van der Waals surface area contributed by atoms with E-state index in [0.29, 0.717) is 24.3 Å². The lowest BCUT2D eigenvalue weighted by Crippen LogP contribution is -2.49. The number of carbonyl (C=O) groups excluding carboxylic acids is 3. The van der Waals surface area contributed by atoms with E-state index in [1.807, 2.05) is 4.90 Å². The van der Waals surface area contributed by atoms with E-state index in [1.165, 1.54) is 4.90 Å². The molecule has 2 heterocycles. The Bertz CT molecular complexity index is 724. The SMILES string of the molecule is C[C@@H]1CCC[C@H](C)N1C(=O)COc1ccc(C(=O)N2CCC[C@H]2C(N)=O)cc1. The molecule has 0 unspecified atom stereocenters. The Morgan fingerprint density at radius 2 is 1.68 bits per heavy atom. The van der Waals surface area contributed by atoms with Crippen LogP contribution in [0.4, 0.5) is 0 Å². The maximum Gasteiger partial charge on any atom is 0.260 e. The molecule has 2 saturated heterocycles. The highest BCUT2D eigenvalue weighted by molar-refractivity contribution is 5.97. The highest BCUT2D eigenvalue weighted by atomic mass is 16.5. The van der Waals surface area contributed by atoms with Gasteiger partial charge in [0.2, 0.25) is 5.91 Å². The smallest absolute Gasteiger partial charge is 0.260 e. The molecule has 28 heavy (non-hydrogen) atoms. The third kappa shape index (κ3) is 4.29. The zero-order valence-corrected chi connectivity index (χ0v) is 16.6. The summed E-state index contributed by atoms with van der Waals surface area (Å²) in [5, 5.41) is 0. The number of likely N-dealkylation sites (tertiary alicyclic amines) is 2. The van der Waals surface area contributed by atoms with Gasteiger partial charge in [0.15, 0.2) is 6.61 Å². The minimum absolute atomic E-state index is 0.0128. The Labute approximate surface area is 165 Å². The van der Waals surface area contributed by atoms with Crippen LogP contribution in [0.25, 0.3) is 0 Å². The summed E-state index contributed by atoms with van der Waals surface area (Å²) in [4.78, 5) is 40.1. The number of benzene rings is 1. The van der Waals surface area contributed by atoms with Gasteiger partial charge in [0.1, 0.15) is 11.8 Å². The number of ether oxygens (including phenoxy) is 1. The van der Waals surface area contributed by atoms with Crippen molar-refractivity contribution < 1.29 is 19.1 Å². The fourth-order valence-electron chi connectivity index (χ4n) is 4.30. The largest absolute Gasteiger partial charge is 0.484 e. The van der Waals surface area contributed by atoms with Crippen LogP contribution in [0.3, 0.4) is 0 Å². The molecule has 1 aromatic rings. The summed E-state index contributed by atoms with van der Waals surface area (Å²) in [7, 11) is 0. The summed E-state index contributed by atoms with van der Waals surface area (Å²) in [5.41, 5.74) is 5.87. The zero-order valence-electron chi connectivity index (χ0n) is 16.6. The van der Waals surface area contributed by atoms with Crippen molar-refractivity contribution in [3.8, 4) is 5.75 Å². The monoisotopic (exact) mass is 387 g/mol. The molecule has 0 aromatic heterocycles. The predicted octanol–water partition coefficient (Wildman–Crippen LogP) is 1.94. The molecule has 7 nitrogen and oxygen atoms in total. The van der Waals surface area contributed by atoms with E-state index in [0.717, 1.165) is 25.7 Å². The molecule has 2 aliphatic heterocycles. The molecule has 1 aromatic carbocycles. The fourth-order valence-corrected chi connectivity index (χ4v) is 4.30. The predicted molar refractivity (Wildman–Crippen MR) is 105 cm³/mol. The zero-order chi connectivity index (χ0) is 20.3. The molecule has 0 saturated carbocycles. The van der Waals surface area contributed by atoms with Gasteiger partial charge in [-0.05, 0) is 70.2 Å². The molecule has 3 atom stereocenters. The average molecular weight is 387 g/mol. The van der Waals surface area contributed by atoms with Crippen LogP contribution in [-0.2, 0) is 9.59 Å². The third-order valence-corrected chi connectivity index (χ3v) is 5.79. The van der Waals surface area contributed by atoms with Crippen LogP contribution in [0.5, 0.6) is 5.75 Å². The Hall–Kier alpha value is -2.57. The molecule has 0 radical (unpaired) electrons. The topological polar surface area (TPSA) is 92.9 Å². The molecule has 0 spiro atoms. The van der Waals surface area contributed by atoms with Crippen LogP contribution in [0.1, 0.15) is 56.3 Å². The average Bonchev–Trinajstić information content (AvgIpc) is 3.16. The summed E-state index contributed by atoms with van der Waals surface area (Å²) in [6, 6.07) is 6.61. The lowest BCUT2D eigenvalue weighted by atomic mass is 9.97. The summed E-state index contributed by atoms with van der Waals surface area (Å²) in [6.45, 7) is 4.67. The Morgan fingerprint density at radius 3 is 2.29 bits per heavy atom. The van der Waals surface area contributed by atoms with Crippen molar-refractivity contribution in [2.75, 3.05) is 13.2 Å². The van der Waals surface area contributed by atoms with Crippen molar-refractivity contribution in [1.29, 1.82) is 0 Å². The molecular formula is C21H29N3O4. The van der Waals surface area contributed by atoms with E-state index in [9.17, 15) is 14.4 Å². The Morgan fingerprint density at radius 1 is 1.04 bits per heavy atom. The number of primary amides is 1. The summed E-state index contributed by atoms with van der Waals surface area (Å²) in [6.07, 6.45) is 4.58. The second-order valence-corrected chi connectivity index (χ2v) is 7.80. The molecule has 3 rings (SSSR count). The number of hydrogen-bond donors (Lipinski definition) is 1. The number of piperidine rings is 1. The Balaban J connectivity index is 1.58. The number of hydrogen-bond acceptors (Lipinski definition) is 4. The number of carbonyl (C=O) groups is 3. The van der Waals surface area contributed by atoms with Crippen molar-refractivity contribution in [2.24, 2.45) is 5.73 Å². The van der Waals surface area contributed by atoms with Crippen LogP contribution in [0, 0.1) is 0 Å². The molecule has 2 aliphatic rings.